The molecule has 0 aromatic heterocycles. The van der Waals surface area contributed by atoms with Crippen LogP contribution in [0.15, 0.2) is 30.3 Å². The monoisotopic (exact) mass is 410 g/mol. The summed E-state index contributed by atoms with van der Waals surface area (Å²) in [6, 6.07) is 10.4. The number of unbranched alkanes of at least 4 members (excludes halogenated alkanes) is 1. The van der Waals surface area contributed by atoms with Crippen LogP contribution in [0.5, 0.6) is 0 Å². The van der Waals surface area contributed by atoms with Gasteiger partial charge in [0, 0.05) is 12.5 Å². The highest BCUT2D eigenvalue weighted by Gasteiger charge is 2.44. The minimum Gasteiger partial charge on any atom is -0.377 e. The lowest BCUT2D eigenvalue weighted by Crippen LogP contribution is -2.53. The Balaban J connectivity index is 1.41. The zero-order chi connectivity index (χ0) is 19.1. The van der Waals surface area contributed by atoms with Gasteiger partial charge in [-0.25, -0.2) is 0 Å². The summed E-state index contributed by atoms with van der Waals surface area (Å²) in [4.78, 5) is 0. The number of hydrogen-bond acceptors (Lipinski definition) is 5. The summed E-state index contributed by atoms with van der Waals surface area (Å²) in [6.07, 6.45) is 5.18. The van der Waals surface area contributed by atoms with Crippen molar-refractivity contribution in [3.05, 3.63) is 35.9 Å². The Hall–Kier alpha value is -0.200. The molecular weight excluding hydrogens is 376 g/mol. The number of hydrogen-bond donors (Lipinski definition) is 0. The summed E-state index contributed by atoms with van der Waals surface area (Å²) >= 11 is 4.14. The highest BCUT2D eigenvalue weighted by atomic mass is 32.2. The van der Waals surface area contributed by atoms with Gasteiger partial charge in [-0.1, -0.05) is 37.3 Å². The summed E-state index contributed by atoms with van der Waals surface area (Å²) in [6.45, 7) is 7.97. The predicted octanol–water partition coefficient (Wildman–Crippen LogP) is 5.73. The number of benzene rings is 1. The molecule has 3 nitrogen and oxygen atoms in total. The van der Waals surface area contributed by atoms with Crippen molar-refractivity contribution in [1.82, 2.24) is 0 Å². The normalized spacial score (nSPS) is 28.9. The van der Waals surface area contributed by atoms with Gasteiger partial charge in [-0.3, -0.25) is 0 Å². The first-order valence-corrected chi connectivity index (χ1v) is 12.4. The SMILES string of the molecule is C[C@H]1[C@@H](CCCCOCc2ccccc2)OC(C)(C)O[C@H]1C1SCCCS1. The van der Waals surface area contributed by atoms with Gasteiger partial charge in [0.25, 0.3) is 0 Å². The zero-order valence-corrected chi connectivity index (χ0v) is 18.5. The van der Waals surface area contributed by atoms with Gasteiger partial charge in [0.2, 0.25) is 0 Å². The van der Waals surface area contributed by atoms with Crippen LogP contribution in [0.4, 0.5) is 0 Å². The smallest absolute Gasteiger partial charge is 0.163 e. The van der Waals surface area contributed by atoms with Crippen molar-refractivity contribution < 1.29 is 14.2 Å². The van der Waals surface area contributed by atoms with E-state index in [9.17, 15) is 0 Å². The number of rotatable bonds is 8. The van der Waals surface area contributed by atoms with E-state index in [-0.39, 0.29) is 12.2 Å². The van der Waals surface area contributed by atoms with Crippen LogP contribution in [-0.2, 0) is 20.8 Å². The molecule has 0 radical (unpaired) electrons. The Labute approximate surface area is 173 Å². The Morgan fingerprint density at radius 3 is 2.56 bits per heavy atom. The van der Waals surface area contributed by atoms with E-state index < -0.39 is 5.79 Å². The molecule has 1 aromatic rings. The molecule has 0 saturated carbocycles. The summed E-state index contributed by atoms with van der Waals surface area (Å²) in [5.41, 5.74) is 1.24. The van der Waals surface area contributed by atoms with Gasteiger partial charge in [-0.15, -0.1) is 23.5 Å². The standard InChI is InChI=1S/C22H34O3S2/c1-17-19(12-7-8-13-23-16-18-10-5-4-6-11-18)24-22(2,3)25-20(17)21-26-14-9-15-27-21/h4-6,10-11,17,19-21H,7-9,12-16H2,1-3H3/t17-,19+,20+/m0/s1. The molecule has 2 fully saturated rings. The third-order valence-electron chi connectivity index (χ3n) is 5.22. The van der Waals surface area contributed by atoms with Crippen molar-refractivity contribution in [3.63, 3.8) is 0 Å². The lowest BCUT2D eigenvalue weighted by molar-refractivity contribution is -0.316. The van der Waals surface area contributed by atoms with Crippen LogP contribution in [0.3, 0.4) is 0 Å². The quantitative estimate of drug-likeness (QED) is 0.511. The molecule has 2 saturated heterocycles. The van der Waals surface area contributed by atoms with E-state index in [1.165, 1.54) is 23.5 Å². The fourth-order valence-corrected chi connectivity index (χ4v) is 7.00. The van der Waals surface area contributed by atoms with Crippen LogP contribution < -0.4 is 0 Å². The number of ether oxygens (including phenoxy) is 3. The van der Waals surface area contributed by atoms with E-state index in [1.54, 1.807) is 0 Å². The van der Waals surface area contributed by atoms with Crippen molar-refractivity contribution >= 4 is 23.5 Å². The van der Waals surface area contributed by atoms with E-state index in [2.05, 4.69) is 68.6 Å². The Morgan fingerprint density at radius 2 is 1.81 bits per heavy atom. The molecule has 152 valence electrons. The van der Waals surface area contributed by atoms with Crippen LogP contribution in [0, 0.1) is 5.92 Å². The maximum atomic E-state index is 6.36. The highest BCUT2D eigenvalue weighted by Crippen LogP contribution is 2.43. The van der Waals surface area contributed by atoms with E-state index in [0.717, 1.165) is 25.9 Å². The van der Waals surface area contributed by atoms with Crippen LogP contribution in [-0.4, -0.2) is 40.7 Å². The zero-order valence-electron chi connectivity index (χ0n) is 16.9. The highest BCUT2D eigenvalue weighted by molar-refractivity contribution is 8.17. The van der Waals surface area contributed by atoms with Gasteiger partial charge in [-0.05, 0) is 56.6 Å². The molecule has 2 aliphatic heterocycles. The van der Waals surface area contributed by atoms with Crippen LogP contribution in [0.25, 0.3) is 0 Å². The van der Waals surface area contributed by atoms with E-state index >= 15 is 0 Å². The second kappa shape index (κ2) is 10.5. The largest absolute Gasteiger partial charge is 0.377 e. The first-order chi connectivity index (χ1) is 13.1. The Kier molecular flexibility index (Phi) is 8.40. The number of thioether (sulfide) groups is 2. The maximum absolute atomic E-state index is 6.36. The molecule has 0 amide bonds. The predicted molar refractivity (Wildman–Crippen MR) is 116 cm³/mol. The van der Waals surface area contributed by atoms with Crippen LogP contribution >= 0.6 is 23.5 Å². The van der Waals surface area contributed by atoms with Crippen LogP contribution in [0.2, 0.25) is 0 Å². The van der Waals surface area contributed by atoms with Gasteiger partial charge in [0.15, 0.2) is 5.79 Å². The molecule has 2 heterocycles. The lowest BCUT2D eigenvalue weighted by atomic mass is 9.92. The van der Waals surface area contributed by atoms with Crippen molar-refractivity contribution in [2.75, 3.05) is 18.1 Å². The van der Waals surface area contributed by atoms with Crippen molar-refractivity contribution in [3.8, 4) is 0 Å². The second-order valence-electron chi connectivity index (χ2n) is 8.00. The molecule has 0 spiro atoms. The van der Waals surface area contributed by atoms with Crippen LogP contribution in [0.1, 0.15) is 52.0 Å². The topological polar surface area (TPSA) is 27.7 Å². The summed E-state index contributed by atoms with van der Waals surface area (Å²) in [7, 11) is 0. The first kappa shape index (κ1) is 21.5. The summed E-state index contributed by atoms with van der Waals surface area (Å²) < 4.78 is 19.0. The van der Waals surface area contributed by atoms with Gasteiger partial charge in [-0.2, -0.15) is 0 Å². The minimum atomic E-state index is -0.482. The minimum absolute atomic E-state index is 0.274. The van der Waals surface area contributed by atoms with E-state index in [0.29, 0.717) is 17.1 Å². The average Bonchev–Trinajstić information content (AvgIpc) is 2.68. The first-order valence-electron chi connectivity index (χ1n) is 10.3. The van der Waals surface area contributed by atoms with Crippen molar-refractivity contribution in [2.45, 2.75) is 75.6 Å². The third-order valence-corrected chi connectivity index (χ3v) is 8.28. The summed E-state index contributed by atoms with van der Waals surface area (Å²) in [5, 5.41) is 0. The molecule has 0 bridgehead atoms. The molecule has 3 rings (SSSR count). The molecule has 0 unspecified atom stereocenters. The second-order valence-corrected chi connectivity index (χ2v) is 10.8. The van der Waals surface area contributed by atoms with Crippen molar-refractivity contribution in [2.24, 2.45) is 5.92 Å². The average molecular weight is 411 g/mol. The molecule has 1 aromatic carbocycles. The molecule has 2 aliphatic rings. The van der Waals surface area contributed by atoms with E-state index in [4.69, 9.17) is 14.2 Å². The molecule has 3 atom stereocenters. The van der Waals surface area contributed by atoms with Gasteiger partial charge < -0.3 is 14.2 Å². The molecule has 27 heavy (non-hydrogen) atoms. The van der Waals surface area contributed by atoms with Gasteiger partial charge in [0.05, 0.1) is 23.4 Å². The molecular formula is C22H34O3S2. The molecule has 0 aliphatic carbocycles. The Morgan fingerprint density at radius 1 is 1.07 bits per heavy atom. The maximum Gasteiger partial charge on any atom is 0.163 e. The molecule has 0 N–H and O–H groups in total. The fourth-order valence-electron chi connectivity index (χ4n) is 3.78. The van der Waals surface area contributed by atoms with Gasteiger partial charge >= 0.3 is 0 Å². The van der Waals surface area contributed by atoms with E-state index in [1.807, 2.05) is 6.07 Å². The fraction of sp³-hybridized carbons (Fsp3) is 0.727. The summed E-state index contributed by atoms with van der Waals surface area (Å²) in [5.74, 6) is 2.47. The lowest BCUT2D eigenvalue weighted by Gasteiger charge is -2.47. The van der Waals surface area contributed by atoms with Gasteiger partial charge in [0.1, 0.15) is 0 Å². The Bertz CT molecular complexity index is 546. The third kappa shape index (κ3) is 6.67. The van der Waals surface area contributed by atoms with Crippen molar-refractivity contribution in [1.29, 1.82) is 0 Å². The molecule has 5 heteroatoms.